The molecule has 0 aliphatic heterocycles. The van der Waals surface area contributed by atoms with Crippen molar-refractivity contribution >= 4 is 0 Å². The van der Waals surface area contributed by atoms with E-state index >= 15 is 0 Å². The second kappa shape index (κ2) is 3.75. The Hall–Kier alpha value is -0.0800. The van der Waals surface area contributed by atoms with Crippen molar-refractivity contribution < 1.29 is 9.47 Å². The smallest absolute Gasteiger partial charge is 0.0844 e. The molecule has 12 heavy (non-hydrogen) atoms. The Morgan fingerprint density at radius 1 is 1.17 bits per heavy atom. The summed E-state index contributed by atoms with van der Waals surface area (Å²) in [6, 6.07) is 0. The van der Waals surface area contributed by atoms with Gasteiger partial charge in [0.2, 0.25) is 0 Å². The van der Waals surface area contributed by atoms with Crippen LogP contribution in [-0.2, 0) is 9.47 Å². The van der Waals surface area contributed by atoms with Gasteiger partial charge in [-0.1, -0.05) is 0 Å². The van der Waals surface area contributed by atoms with Crippen molar-refractivity contribution in [3.8, 4) is 0 Å². The summed E-state index contributed by atoms with van der Waals surface area (Å²) in [6.07, 6.45) is 3.01. The van der Waals surface area contributed by atoms with Crippen molar-refractivity contribution in [3.63, 3.8) is 0 Å². The third-order valence-electron chi connectivity index (χ3n) is 2.04. The van der Waals surface area contributed by atoms with Crippen LogP contribution in [0.3, 0.4) is 0 Å². The van der Waals surface area contributed by atoms with E-state index < -0.39 is 0 Å². The summed E-state index contributed by atoms with van der Waals surface area (Å²) >= 11 is 0. The average molecular weight is 172 g/mol. The number of hydrogen-bond acceptors (Lipinski definition) is 2. The zero-order chi connectivity index (χ0) is 9.19. The lowest BCUT2D eigenvalue weighted by Gasteiger charge is -2.40. The van der Waals surface area contributed by atoms with E-state index in [4.69, 9.17) is 9.47 Å². The van der Waals surface area contributed by atoms with Crippen molar-refractivity contribution in [1.29, 1.82) is 0 Å². The van der Waals surface area contributed by atoms with Crippen LogP contribution in [0.5, 0.6) is 0 Å². The summed E-state index contributed by atoms with van der Waals surface area (Å²) in [5.74, 6) is 0. The van der Waals surface area contributed by atoms with E-state index in [9.17, 15) is 0 Å². The van der Waals surface area contributed by atoms with E-state index in [1.165, 1.54) is 0 Å². The third kappa shape index (κ3) is 2.76. The Bertz CT molecular complexity index is 137. The Kier molecular flexibility index (Phi) is 3.13. The standard InChI is InChI=1S/C10H20O2/c1-5-11-8-6-7-9(8)12-10(2,3)4/h8-9H,5-7H2,1-4H3/t8-,9-/m1/s1. The Morgan fingerprint density at radius 3 is 2.08 bits per heavy atom. The number of hydrogen-bond donors (Lipinski definition) is 0. The van der Waals surface area contributed by atoms with E-state index in [2.05, 4.69) is 20.8 Å². The van der Waals surface area contributed by atoms with E-state index in [0.717, 1.165) is 19.4 Å². The van der Waals surface area contributed by atoms with Crippen LogP contribution in [-0.4, -0.2) is 24.4 Å². The Morgan fingerprint density at radius 2 is 1.75 bits per heavy atom. The predicted octanol–water partition coefficient (Wildman–Crippen LogP) is 2.37. The van der Waals surface area contributed by atoms with Crippen LogP contribution in [0.2, 0.25) is 0 Å². The minimum Gasteiger partial charge on any atom is -0.376 e. The maximum Gasteiger partial charge on any atom is 0.0844 e. The van der Waals surface area contributed by atoms with Crippen molar-refractivity contribution in [1.82, 2.24) is 0 Å². The SMILES string of the molecule is CCO[C@@H]1CC[C@H]1OC(C)(C)C. The highest BCUT2D eigenvalue weighted by Gasteiger charge is 2.35. The van der Waals surface area contributed by atoms with Gasteiger partial charge in [-0.2, -0.15) is 0 Å². The van der Waals surface area contributed by atoms with Gasteiger partial charge in [-0.3, -0.25) is 0 Å². The van der Waals surface area contributed by atoms with Gasteiger partial charge in [-0.25, -0.2) is 0 Å². The molecule has 2 heteroatoms. The van der Waals surface area contributed by atoms with Crippen LogP contribution in [0.25, 0.3) is 0 Å². The molecule has 0 amide bonds. The normalized spacial score (nSPS) is 30.0. The molecule has 0 N–H and O–H groups in total. The summed E-state index contributed by atoms with van der Waals surface area (Å²) in [5.41, 5.74) is -0.0273. The van der Waals surface area contributed by atoms with Crippen LogP contribution in [0.15, 0.2) is 0 Å². The first-order valence-corrected chi connectivity index (χ1v) is 4.82. The first-order valence-electron chi connectivity index (χ1n) is 4.82. The molecule has 0 unspecified atom stereocenters. The molecular weight excluding hydrogens is 152 g/mol. The lowest BCUT2D eigenvalue weighted by atomic mass is 9.91. The molecule has 2 nitrogen and oxygen atoms in total. The van der Waals surface area contributed by atoms with Gasteiger partial charge in [0.05, 0.1) is 17.8 Å². The molecule has 1 fully saturated rings. The molecule has 1 aliphatic carbocycles. The Labute approximate surface area is 75.2 Å². The first kappa shape index (κ1) is 10.0. The third-order valence-corrected chi connectivity index (χ3v) is 2.04. The van der Waals surface area contributed by atoms with Gasteiger partial charge in [-0.15, -0.1) is 0 Å². The van der Waals surface area contributed by atoms with Crippen LogP contribution in [0.4, 0.5) is 0 Å². The fourth-order valence-corrected chi connectivity index (χ4v) is 1.43. The summed E-state index contributed by atoms with van der Waals surface area (Å²) in [4.78, 5) is 0. The average Bonchev–Trinajstić information content (AvgIpc) is 1.92. The van der Waals surface area contributed by atoms with E-state index in [1.807, 2.05) is 6.92 Å². The number of ether oxygens (including phenoxy) is 2. The van der Waals surface area contributed by atoms with Crippen LogP contribution >= 0.6 is 0 Å². The fraction of sp³-hybridized carbons (Fsp3) is 1.00. The lowest BCUT2D eigenvalue weighted by molar-refractivity contribution is -0.171. The molecule has 0 heterocycles. The summed E-state index contributed by atoms with van der Waals surface area (Å²) in [5, 5.41) is 0. The lowest BCUT2D eigenvalue weighted by Crippen LogP contribution is -2.45. The monoisotopic (exact) mass is 172 g/mol. The highest BCUT2D eigenvalue weighted by atomic mass is 16.6. The molecular formula is C10H20O2. The van der Waals surface area contributed by atoms with Crippen LogP contribution in [0, 0.1) is 0 Å². The topological polar surface area (TPSA) is 18.5 Å². The molecule has 0 radical (unpaired) electrons. The van der Waals surface area contributed by atoms with Gasteiger partial charge < -0.3 is 9.47 Å². The number of rotatable bonds is 3. The molecule has 0 aromatic heterocycles. The maximum atomic E-state index is 5.81. The molecule has 1 rings (SSSR count). The second-order valence-corrected chi connectivity index (χ2v) is 4.34. The predicted molar refractivity (Wildman–Crippen MR) is 49.3 cm³/mol. The minimum absolute atomic E-state index is 0.0273. The molecule has 0 spiro atoms. The molecule has 0 saturated heterocycles. The summed E-state index contributed by atoms with van der Waals surface area (Å²) in [6.45, 7) is 9.11. The zero-order valence-corrected chi connectivity index (χ0v) is 8.59. The van der Waals surface area contributed by atoms with Crippen molar-refractivity contribution in [3.05, 3.63) is 0 Å². The molecule has 72 valence electrons. The fourth-order valence-electron chi connectivity index (χ4n) is 1.43. The van der Waals surface area contributed by atoms with Gasteiger partial charge in [0.1, 0.15) is 0 Å². The quantitative estimate of drug-likeness (QED) is 0.650. The van der Waals surface area contributed by atoms with Crippen molar-refractivity contribution in [2.75, 3.05) is 6.61 Å². The van der Waals surface area contributed by atoms with Gasteiger partial charge >= 0.3 is 0 Å². The van der Waals surface area contributed by atoms with E-state index in [0.29, 0.717) is 12.2 Å². The summed E-state index contributed by atoms with van der Waals surface area (Å²) in [7, 11) is 0. The highest BCUT2D eigenvalue weighted by Crippen LogP contribution is 2.29. The second-order valence-electron chi connectivity index (χ2n) is 4.34. The van der Waals surface area contributed by atoms with E-state index in [1.54, 1.807) is 0 Å². The molecule has 0 aromatic carbocycles. The van der Waals surface area contributed by atoms with Gasteiger partial charge in [0, 0.05) is 6.61 Å². The van der Waals surface area contributed by atoms with E-state index in [-0.39, 0.29) is 5.60 Å². The van der Waals surface area contributed by atoms with Crippen LogP contribution in [0.1, 0.15) is 40.5 Å². The molecule has 0 aromatic rings. The highest BCUT2D eigenvalue weighted by molar-refractivity contribution is 4.84. The maximum absolute atomic E-state index is 5.81. The van der Waals surface area contributed by atoms with Gasteiger partial charge in [0.25, 0.3) is 0 Å². The molecule has 1 aliphatic rings. The van der Waals surface area contributed by atoms with Gasteiger partial charge in [-0.05, 0) is 40.5 Å². The minimum atomic E-state index is -0.0273. The molecule has 2 atom stereocenters. The van der Waals surface area contributed by atoms with Gasteiger partial charge in [0.15, 0.2) is 0 Å². The molecule has 0 bridgehead atoms. The van der Waals surface area contributed by atoms with Crippen molar-refractivity contribution in [2.45, 2.75) is 58.3 Å². The van der Waals surface area contributed by atoms with Crippen LogP contribution < -0.4 is 0 Å². The van der Waals surface area contributed by atoms with Crippen molar-refractivity contribution in [2.24, 2.45) is 0 Å². The molecule has 1 saturated carbocycles. The zero-order valence-electron chi connectivity index (χ0n) is 8.59. The largest absolute Gasteiger partial charge is 0.376 e. The first-order chi connectivity index (χ1) is 5.53. The Balaban J connectivity index is 2.25. The summed E-state index contributed by atoms with van der Waals surface area (Å²) < 4.78 is 11.3.